The van der Waals surface area contributed by atoms with Crippen molar-refractivity contribution in [2.45, 2.75) is 6.42 Å². The van der Waals surface area contributed by atoms with Crippen molar-refractivity contribution < 1.29 is 0 Å². The molecule has 0 aromatic carbocycles. The van der Waals surface area contributed by atoms with E-state index < -0.39 is 0 Å². The first-order chi connectivity index (χ1) is 3.29. The highest BCUT2D eigenvalue weighted by molar-refractivity contribution is 6.39. The van der Waals surface area contributed by atoms with Gasteiger partial charge in [-0.1, -0.05) is 5.17 Å². The molecule has 1 heterocycles. The third-order valence-electron chi connectivity index (χ3n) is 1.34. The fourth-order valence-electron chi connectivity index (χ4n) is 0.889. The summed E-state index contributed by atoms with van der Waals surface area (Å²) in [6.45, 7) is 2.51. The normalized spacial score (nSPS) is 23.9. The molecule has 0 radical (unpaired) electrons. The minimum atomic E-state index is 1.23. The quantitative estimate of drug-likeness (QED) is 0.369. The Hall–Kier alpha value is 0.0469. The van der Waals surface area contributed by atoms with Crippen molar-refractivity contribution in [1.82, 2.24) is 4.90 Å². The van der Waals surface area contributed by atoms with Crippen molar-refractivity contribution in [3.8, 4) is 0 Å². The zero-order chi connectivity index (χ0) is 5.28. The monoisotopic (exact) mass is 113 g/mol. The van der Waals surface area contributed by atoms with E-state index in [1.54, 1.807) is 5.17 Å². The molecule has 0 saturated carbocycles. The van der Waals surface area contributed by atoms with Gasteiger partial charge in [0.25, 0.3) is 0 Å². The van der Waals surface area contributed by atoms with Gasteiger partial charge >= 0.3 is 0 Å². The minimum absolute atomic E-state index is 1.23. The molecule has 40 valence electrons. The maximum atomic E-state index is 2.35. The lowest BCUT2D eigenvalue weighted by Gasteiger charge is -2.01. The van der Waals surface area contributed by atoms with Crippen LogP contribution < -0.4 is 0 Å². The molecule has 1 saturated heterocycles. The van der Waals surface area contributed by atoms with E-state index in [-0.39, 0.29) is 0 Å². The smallest absolute Gasteiger partial charge is 0.0145 e. The van der Waals surface area contributed by atoms with E-state index in [0.29, 0.717) is 0 Å². The molecule has 1 nitrogen and oxygen atoms in total. The number of nitrogens with zero attached hydrogens (tertiary/aromatic N) is 1. The van der Waals surface area contributed by atoms with Crippen molar-refractivity contribution in [3.63, 3.8) is 0 Å². The molecule has 7 heavy (non-hydrogen) atoms. The van der Waals surface area contributed by atoms with E-state index in [1.807, 2.05) is 9.85 Å². The van der Waals surface area contributed by atoms with Crippen LogP contribution in [0.4, 0.5) is 0 Å². The van der Waals surface area contributed by atoms with Gasteiger partial charge in [0.05, 0.1) is 0 Å². The molecule has 0 atom stereocenters. The lowest BCUT2D eigenvalue weighted by molar-refractivity contribution is 0.429. The predicted molar refractivity (Wildman–Crippen MR) is 35.7 cm³/mol. The van der Waals surface area contributed by atoms with E-state index in [9.17, 15) is 0 Å². The van der Waals surface area contributed by atoms with Crippen LogP contribution in [0.15, 0.2) is 0 Å². The van der Waals surface area contributed by atoms with Crippen LogP contribution >= 0.6 is 0 Å². The number of rotatable bonds is 0. The summed E-state index contributed by atoms with van der Waals surface area (Å²) in [6.07, 6.45) is 1.33. The summed E-state index contributed by atoms with van der Waals surface area (Å²) in [5.41, 5.74) is 0. The Morgan fingerprint density at radius 3 is 2.57 bits per heavy atom. The number of hydrogen-bond acceptors (Lipinski definition) is 1. The Labute approximate surface area is 47.4 Å². The fourth-order valence-corrected chi connectivity index (χ4v) is 1.43. The predicted octanol–water partition coefficient (Wildman–Crippen LogP) is -0.873. The van der Waals surface area contributed by atoms with Crippen LogP contribution in [-0.2, 0) is 0 Å². The van der Waals surface area contributed by atoms with E-state index in [2.05, 4.69) is 11.9 Å². The third-order valence-corrected chi connectivity index (χ3v) is 1.92. The molecule has 0 amide bonds. The first-order valence-electron chi connectivity index (χ1n) is 2.64. The maximum Gasteiger partial charge on any atom is 0.0145 e. The second kappa shape index (κ2) is 1.88. The molecule has 1 rings (SSSR count). The summed E-state index contributed by atoms with van der Waals surface area (Å²) in [5, 5.41) is 1.66. The first-order valence-corrected chi connectivity index (χ1v) is 3.35. The zero-order valence-corrected chi connectivity index (χ0v) is 6.19. The molecule has 1 fully saturated rings. The van der Waals surface area contributed by atoms with E-state index in [0.717, 1.165) is 0 Å². The number of likely N-dealkylation sites (tertiary alicyclic amines) is 1. The second-order valence-electron chi connectivity index (χ2n) is 2.24. The summed E-state index contributed by atoms with van der Waals surface area (Å²) >= 11 is 0. The van der Waals surface area contributed by atoms with Crippen molar-refractivity contribution in [2.75, 3.05) is 20.1 Å². The van der Waals surface area contributed by atoms with Gasteiger partial charge in [-0.25, -0.2) is 0 Å². The van der Waals surface area contributed by atoms with Gasteiger partial charge in [-0.05, 0) is 23.3 Å². The average molecular weight is 113 g/mol. The molecule has 1 aliphatic rings. The highest BCUT2D eigenvalue weighted by Gasteiger charge is 2.07. The summed E-state index contributed by atoms with van der Waals surface area (Å²) in [7, 11) is 4.21. The molecule has 0 spiro atoms. The van der Waals surface area contributed by atoms with Gasteiger partial charge in [0, 0.05) is 13.1 Å². The Balaban J connectivity index is 2.40. The lowest BCUT2D eigenvalue weighted by Crippen LogP contribution is -2.13. The van der Waals surface area contributed by atoms with Crippen LogP contribution in [0.1, 0.15) is 6.42 Å². The maximum absolute atomic E-state index is 2.35. The van der Waals surface area contributed by atoms with E-state index >= 15 is 0 Å². The highest BCUT2D eigenvalue weighted by atomic mass is 28.1. The van der Waals surface area contributed by atoms with Crippen molar-refractivity contribution in [3.05, 3.63) is 0 Å². The molecule has 0 N–H and O–H groups in total. The van der Waals surface area contributed by atoms with Gasteiger partial charge in [-0.15, -0.1) is 0 Å². The largest absolute Gasteiger partial charge is 0.303 e. The van der Waals surface area contributed by atoms with Crippen LogP contribution in [0.5, 0.6) is 0 Å². The molecule has 0 aromatic rings. The minimum Gasteiger partial charge on any atom is -0.303 e. The fraction of sp³-hybridized carbons (Fsp3) is 0.800. The summed E-state index contributed by atoms with van der Waals surface area (Å²) in [6, 6.07) is 0. The topological polar surface area (TPSA) is 3.24 Å². The molecule has 0 unspecified atom stereocenters. The number of hydrogen-bond donors (Lipinski definition) is 0. The molecule has 0 aliphatic carbocycles. The standard InChI is InChI=1S/C5H11NSi/c1-6-3-2-5(7)4-6/h2-4,7H2,1H3. The van der Waals surface area contributed by atoms with Gasteiger partial charge in [0.15, 0.2) is 0 Å². The van der Waals surface area contributed by atoms with Crippen molar-refractivity contribution >= 4 is 15.0 Å². The van der Waals surface area contributed by atoms with Gasteiger partial charge in [-0.3, -0.25) is 0 Å². The molecule has 0 aromatic heterocycles. The van der Waals surface area contributed by atoms with Gasteiger partial charge < -0.3 is 4.90 Å². The van der Waals surface area contributed by atoms with Gasteiger partial charge in [0.1, 0.15) is 0 Å². The second-order valence-corrected chi connectivity index (χ2v) is 3.24. The average Bonchev–Trinajstić information content (AvgIpc) is 1.87. The van der Waals surface area contributed by atoms with Crippen LogP contribution in [0.3, 0.4) is 0 Å². The van der Waals surface area contributed by atoms with Crippen LogP contribution in [-0.4, -0.2) is 40.1 Å². The van der Waals surface area contributed by atoms with Crippen molar-refractivity contribution in [2.24, 2.45) is 0 Å². The molecule has 0 bridgehead atoms. The van der Waals surface area contributed by atoms with Crippen LogP contribution in [0.25, 0.3) is 0 Å². The summed E-state index contributed by atoms with van der Waals surface area (Å²) in [4.78, 5) is 2.35. The molecular weight excluding hydrogens is 102 g/mol. The first kappa shape index (κ1) is 5.19. The lowest BCUT2D eigenvalue weighted by atomic mass is 10.4. The molecule has 2 heteroatoms. The highest BCUT2D eigenvalue weighted by Crippen LogP contribution is 1.97. The Bertz CT molecular complexity index is 90.1. The zero-order valence-electron chi connectivity index (χ0n) is 4.78. The Morgan fingerprint density at radius 2 is 2.43 bits per heavy atom. The Morgan fingerprint density at radius 1 is 1.71 bits per heavy atom. The van der Waals surface area contributed by atoms with Crippen LogP contribution in [0, 0.1) is 0 Å². The van der Waals surface area contributed by atoms with Gasteiger partial charge in [0.2, 0.25) is 0 Å². The third kappa shape index (κ3) is 1.21. The van der Waals surface area contributed by atoms with Crippen molar-refractivity contribution in [1.29, 1.82) is 0 Å². The Kier molecular flexibility index (Phi) is 1.39. The molecular formula is C5H11NSi. The molecule has 1 aliphatic heterocycles. The van der Waals surface area contributed by atoms with Crippen LogP contribution in [0.2, 0.25) is 0 Å². The van der Waals surface area contributed by atoms with Gasteiger partial charge in [-0.2, -0.15) is 0 Å². The summed E-state index contributed by atoms with van der Waals surface area (Å²) in [5.74, 6) is 0. The SMILES string of the molecule is CN1CCC(=[SiH2])C1. The van der Waals surface area contributed by atoms with E-state index in [1.165, 1.54) is 19.5 Å². The van der Waals surface area contributed by atoms with E-state index in [4.69, 9.17) is 0 Å². The summed E-state index contributed by atoms with van der Waals surface area (Å²) < 4.78 is 0.